The smallest absolute Gasteiger partial charge is 0.231 e. The minimum absolute atomic E-state index is 0.312. The van der Waals surface area contributed by atoms with Crippen molar-refractivity contribution in [3.8, 4) is 28.5 Å². The number of methoxy groups -OCH3 is 1. The highest BCUT2D eigenvalue weighted by molar-refractivity contribution is 5.65. The van der Waals surface area contributed by atoms with Gasteiger partial charge in [-0.3, -0.25) is 4.98 Å². The molecule has 0 fully saturated rings. The van der Waals surface area contributed by atoms with Crippen molar-refractivity contribution < 1.29 is 14.2 Å². The van der Waals surface area contributed by atoms with Crippen LogP contribution >= 0.6 is 0 Å². The standard InChI is InChI=1S/C21H19N3O3/c1-25-17-8-16(9-22-10-17)18-11-23-21-7-15(12-24(18)21)3-2-14-4-5-19-20(6-14)27-13-26-19/h4-6,8-12H,2-3,7,13H2,1H3. The topological polar surface area (TPSA) is 58.4 Å². The summed E-state index contributed by atoms with van der Waals surface area (Å²) in [5, 5.41) is 0. The van der Waals surface area contributed by atoms with E-state index in [9.17, 15) is 0 Å². The molecule has 5 rings (SSSR count). The van der Waals surface area contributed by atoms with Crippen LogP contribution in [0.5, 0.6) is 17.2 Å². The van der Waals surface area contributed by atoms with Crippen LogP contribution in [0, 0.1) is 0 Å². The van der Waals surface area contributed by atoms with Crippen molar-refractivity contribution in [3.63, 3.8) is 0 Å². The van der Waals surface area contributed by atoms with Crippen molar-refractivity contribution in [1.29, 1.82) is 0 Å². The number of pyridine rings is 1. The van der Waals surface area contributed by atoms with Gasteiger partial charge in [-0.15, -0.1) is 0 Å². The molecule has 0 amide bonds. The molecule has 0 unspecified atom stereocenters. The Bertz CT molecular complexity index is 1040. The highest BCUT2D eigenvalue weighted by atomic mass is 16.7. The summed E-state index contributed by atoms with van der Waals surface area (Å²) < 4.78 is 18.3. The molecule has 6 nitrogen and oxygen atoms in total. The molecule has 0 N–H and O–H groups in total. The number of fused-ring (bicyclic) bond motifs is 2. The number of rotatable bonds is 5. The first kappa shape index (κ1) is 15.9. The second-order valence-corrected chi connectivity index (χ2v) is 6.69. The van der Waals surface area contributed by atoms with Crippen molar-refractivity contribution in [2.75, 3.05) is 13.9 Å². The first-order valence-electron chi connectivity index (χ1n) is 8.94. The monoisotopic (exact) mass is 361 g/mol. The van der Waals surface area contributed by atoms with E-state index < -0.39 is 0 Å². The minimum atomic E-state index is 0.312. The lowest BCUT2D eigenvalue weighted by Gasteiger charge is -2.05. The number of ether oxygens (including phenoxy) is 3. The highest BCUT2D eigenvalue weighted by Crippen LogP contribution is 2.34. The summed E-state index contributed by atoms with van der Waals surface area (Å²) >= 11 is 0. The van der Waals surface area contributed by atoms with Crippen LogP contribution in [0.4, 0.5) is 0 Å². The number of hydrogen-bond acceptors (Lipinski definition) is 5. The maximum Gasteiger partial charge on any atom is 0.231 e. The molecular formula is C21H19N3O3. The average molecular weight is 361 g/mol. The van der Waals surface area contributed by atoms with E-state index in [1.54, 1.807) is 13.3 Å². The van der Waals surface area contributed by atoms with Crippen LogP contribution in [-0.4, -0.2) is 28.4 Å². The summed E-state index contributed by atoms with van der Waals surface area (Å²) in [5.74, 6) is 3.48. The molecule has 0 spiro atoms. The Morgan fingerprint density at radius 3 is 2.93 bits per heavy atom. The quantitative estimate of drug-likeness (QED) is 0.693. The van der Waals surface area contributed by atoms with Gasteiger partial charge >= 0.3 is 0 Å². The molecule has 0 bridgehead atoms. The van der Waals surface area contributed by atoms with Gasteiger partial charge in [0.2, 0.25) is 6.79 Å². The fourth-order valence-corrected chi connectivity index (χ4v) is 3.54. The SMILES string of the molecule is COc1cncc(-c2cnc3n2C=C(CCc2ccc4c(c2)OCO4)C3)c1. The average Bonchev–Trinajstić information content (AvgIpc) is 3.41. The van der Waals surface area contributed by atoms with Gasteiger partial charge in [0.15, 0.2) is 11.5 Å². The van der Waals surface area contributed by atoms with Gasteiger partial charge in [-0.05, 0) is 42.2 Å². The van der Waals surface area contributed by atoms with E-state index in [1.807, 2.05) is 24.5 Å². The van der Waals surface area contributed by atoms with Gasteiger partial charge in [0.05, 0.1) is 25.2 Å². The summed E-state index contributed by atoms with van der Waals surface area (Å²) in [6.45, 7) is 0.312. The van der Waals surface area contributed by atoms with E-state index in [0.29, 0.717) is 6.79 Å². The van der Waals surface area contributed by atoms with Crippen molar-refractivity contribution in [1.82, 2.24) is 14.5 Å². The van der Waals surface area contributed by atoms with E-state index in [0.717, 1.165) is 53.6 Å². The molecule has 2 aromatic heterocycles. The molecule has 0 aliphatic carbocycles. The van der Waals surface area contributed by atoms with Crippen LogP contribution in [0.15, 0.2) is 48.4 Å². The van der Waals surface area contributed by atoms with Crippen molar-refractivity contribution in [2.45, 2.75) is 19.3 Å². The van der Waals surface area contributed by atoms with Gasteiger partial charge < -0.3 is 18.8 Å². The van der Waals surface area contributed by atoms with E-state index in [1.165, 1.54) is 11.1 Å². The fraction of sp³-hybridized carbons (Fsp3) is 0.238. The summed E-state index contributed by atoms with van der Waals surface area (Å²) in [6.07, 6.45) is 10.5. The first-order valence-corrected chi connectivity index (χ1v) is 8.94. The van der Waals surface area contributed by atoms with Gasteiger partial charge in [-0.1, -0.05) is 6.07 Å². The number of imidazole rings is 1. The van der Waals surface area contributed by atoms with Gasteiger partial charge in [0.25, 0.3) is 0 Å². The zero-order valence-electron chi connectivity index (χ0n) is 15.0. The molecule has 3 aromatic rings. The molecule has 27 heavy (non-hydrogen) atoms. The Labute approximate surface area is 157 Å². The van der Waals surface area contributed by atoms with Crippen molar-refractivity contribution >= 4 is 6.20 Å². The third kappa shape index (κ3) is 2.93. The minimum Gasteiger partial charge on any atom is -0.495 e. The van der Waals surface area contributed by atoms with Crippen LogP contribution in [0.25, 0.3) is 17.5 Å². The summed E-state index contributed by atoms with van der Waals surface area (Å²) in [5.41, 5.74) is 4.66. The Morgan fingerprint density at radius 2 is 2.00 bits per heavy atom. The molecule has 136 valence electrons. The van der Waals surface area contributed by atoms with E-state index in [-0.39, 0.29) is 0 Å². The number of nitrogens with zero attached hydrogens (tertiary/aromatic N) is 3. The first-order chi connectivity index (χ1) is 13.3. The second kappa shape index (κ2) is 6.46. The predicted octanol–water partition coefficient (Wildman–Crippen LogP) is 3.71. The molecule has 0 radical (unpaired) electrons. The van der Waals surface area contributed by atoms with E-state index in [4.69, 9.17) is 14.2 Å². The van der Waals surface area contributed by atoms with Gasteiger partial charge in [0, 0.05) is 24.4 Å². The third-order valence-corrected chi connectivity index (χ3v) is 4.99. The van der Waals surface area contributed by atoms with Crippen LogP contribution in [0.2, 0.25) is 0 Å². The van der Waals surface area contributed by atoms with Crippen LogP contribution in [0.3, 0.4) is 0 Å². The van der Waals surface area contributed by atoms with Crippen molar-refractivity contribution in [3.05, 3.63) is 59.8 Å². The van der Waals surface area contributed by atoms with Gasteiger partial charge in [-0.25, -0.2) is 4.98 Å². The maximum atomic E-state index is 5.47. The molecule has 0 saturated heterocycles. The fourth-order valence-electron chi connectivity index (χ4n) is 3.54. The third-order valence-electron chi connectivity index (χ3n) is 4.99. The van der Waals surface area contributed by atoms with Crippen LogP contribution < -0.4 is 14.2 Å². The van der Waals surface area contributed by atoms with Gasteiger partial charge in [0.1, 0.15) is 11.6 Å². The Balaban J connectivity index is 1.33. The predicted molar refractivity (Wildman–Crippen MR) is 101 cm³/mol. The summed E-state index contributed by atoms with van der Waals surface area (Å²) in [4.78, 5) is 8.84. The zero-order chi connectivity index (χ0) is 18.2. The Kier molecular flexibility index (Phi) is 3.81. The highest BCUT2D eigenvalue weighted by Gasteiger charge is 2.19. The zero-order valence-corrected chi connectivity index (χ0v) is 15.0. The lowest BCUT2D eigenvalue weighted by molar-refractivity contribution is 0.174. The second-order valence-electron chi connectivity index (χ2n) is 6.69. The lowest BCUT2D eigenvalue weighted by Crippen LogP contribution is -1.93. The maximum absolute atomic E-state index is 5.47. The van der Waals surface area contributed by atoms with Crippen molar-refractivity contribution in [2.24, 2.45) is 0 Å². The molecule has 2 aliphatic rings. The van der Waals surface area contributed by atoms with Gasteiger partial charge in [-0.2, -0.15) is 0 Å². The molecule has 0 atom stereocenters. The Morgan fingerprint density at radius 1 is 1.07 bits per heavy atom. The number of benzene rings is 1. The van der Waals surface area contributed by atoms with E-state index >= 15 is 0 Å². The lowest BCUT2D eigenvalue weighted by atomic mass is 10.0. The van der Waals surface area contributed by atoms with Crippen LogP contribution in [-0.2, 0) is 12.8 Å². The Hall–Kier alpha value is -3.28. The molecule has 1 aromatic carbocycles. The summed E-state index contributed by atoms with van der Waals surface area (Å²) in [7, 11) is 1.65. The normalized spacial score (nSPS) is 14.2. The largest absolute Gasteiger partial charge is 0.495 e. The molecule has 4 heterocycles. The number of aryl methyl sites for hydroxylation is 1. The molecule has 6 heteroatoms. The van der Waals surface area contributed by atoms with Crippen LogP contribution in [0.1, 0.15) is 17.8 Å². The molecule has 0 saturated carbocycles. The number of hydrogen-bond donors (Lipinski definition) is 0. The van der Waals surface area contributed by atoms with E-state index in [2.05, 4.69) is 32.9 Å². The number of aromatic nitrogens is 3. The molecular weight excluding hydrogens is 342 g/mol. The summed E-state index contributed by atoms with van der Waals surface area (Å²) in [6, 6.07) is 8.15. The molecule has 2 aliphatic heterocycles. The number of allylic oxidation sites excluding steroid dienone is 1.